The summed E-state index contributed by atoms with van der Waals surface area (Å²) < 4.78 is 64.1. The minimum absolute atomic E-state index is 0.00614. The number of hydrogen-bond donors (Lipinski definition) is 4. The van der Waals surface area contributed by atoms with E-state index < -0.39 is 37.2 Å². The second kappa shape index (κ2) is 9.12. The van der Waals surface area contributed by atoms with E-state index in [-0.39, 0.29) is 24.3 Å². The van der Waals surface area contributed by atoms with Gasteiger partial charge in [0.2, 0.25) is 0 Å². The lowest BCUT2D eigenvalue weighted by atomic mass is 9.72. The van der Waals surface area contributed by atoms with Crippen LogP contribution in [0.1, 0.15) is 36.8 Å². The minimum atomic E-state index is -4.43. The number of benzene rings is 2. The SMILES string of the molecule is O=S(=O)(O)CCCCCC(CS(=O)(=O)O)(c1ccc(O)cc1)c1ccc(O)cc1. The molecule has 2 aromatic carbocycles. The highest BCUT2D eigenvalue weighted by Gasteiger charge is 2.38. The van der Waals surface area contributed by atoms with Crippen LogP contribution in [0.25, 0.3) is 0 Å². The molecule has 0 unspecified atom stereocenters. The quantitative estimate of drug-likeness (QED) is 0.323. The van der Waals surface area contributed by atoms with E-state index in [0.29, 0.717) is 24.0 Å². The molecule has 8 nitrogen and oxygen atoms in total. The molecule has 0 radical (unpaired) electrons. The Kier molecular flexibility index (Phi) is 7.28. The van der Waals surface area contributed by atoms with E-state index >= 15 is 0 Å². The van der Waals surface area contributed by atoms with Crippen LogP contribution in [-0.4, -0.2) is 47.7 Å². The van der Waals surface area contributed by atoms with Crippen LogP contribution in [0.4, 0.5) is 0 Å². The summed E-state index contributed by atoms with van der Waals surface area (Å²) in [6, 6.07) is 11.9. The summed E-state index contributed by atoms with van der Waals surface area (Å²) >= 11 is 0. The maximum atomic E-state index is 11.9. The molecule has 0 heterocycles. The molecule has 0 aliphatic heterocycles. The smallest absolute Gasteiger partial charge is 0.266 e. The van der Waals surface area contributed by atoms with Crippen molar-refractivity contribution in [2.75, 3.05) is 11.5 Å². The van der Waals surface area contributed by atoms with Gasteiger partial charge in [-0.05, 0) is 48.2 Å². The van der Waals surface area contributed by atoms with E-state index in [1.807, 2.05) is 0 Å². The first-order chi connectivity index (χ1) is 13.4. The Balaban J connectivity index is 2.44. The molecule has 0 amide bonds. The molecule has 0 saturated carbocycles. The van der Waals surface area contributed by atoms with E-state index in [0.717, 1.165) is 0 Å². The van der Waals surface area contributed by atoms with Crippen molar-refractivity contribution in [3.63, 3.8) is 0 Å². The Bertz CT molecular complexity index is 965. The van der Waals surface area contributed by atoms with Gasteiger partial charge in [-0.25, -0.2) is 0 Å². The van der Waals surface area contributed by atoms with Crippen molar-refractivity contribution in [1.82, 2.24) is 0 Å². The molecule has 0 aliphatic carbocycles. The zero-order valence-corrected chi connectivity index (χ0v) is 17.2. The van der Waals surface area contributed by atoms with E-state index in [1.165, 1.54) is 24.3 Å². The molecule has 2 rings (SSSR count). The van der Waals surface area contributed by atoms with Gasteiger partial charge in [-0.3, -0.25) is 9.11 Å². The van der Waals surface area contributed by atoms with Gasteiger partial charge in [0.25, 0.3) is 20.2 Å². The first-order valence-corrected chi connectivity index (χ1v) is 12.1. The fourth-order valence-electron chi connectivity index (χ4n) is 3.45. The third-order valence-electron chi connectivity index (χ3n) is 4.77. The number of aromatic hydroxyl groups is 2. The maximum absolute atomic E-state index is 11.9. The normalized spacial score (nSPS) is 12.8. The highest BCUT2D eigenvalue weighted by atomic mass is 32.2. The van der Waals surface area contributed by atoms with Crippen molar-refractivity contribution in [2.24, 2.45) is 0 Å². The predicted octanol–water partition coefficient (Wildman–Crippen LogP) is 2.72. The third kappa shape index (κ3) is 7.00. The standard InChI is InChI=1S/C19H24O8S2/c20-17-8-4-15(5-9-17)19(14-29(25,26)27,16-6-10-18(21)11-7-16)12-2-1-3-13-28(22,23)24/h4-11,20-21H,1-3,12-14H2,(H,22,23,24)(H,25,26,27). The first-order valence-electron chi connectivity index (χ1n) is 8.91. The van der Waals surface area contributed by atoms with Gasteiger partial charge < -0.3 is 10.2 Å². The highest BCUT2D eigenvalue weighted by Crippen LogP contribution is 2.40. The van der Waals surface area contributed by atoms with Crippen molar-refractivity contribution in [3.05, 3.63) is 59.7 Å². The monoisotopic (exact) mass is 444 g/mol. The second-order valence-corrected chi connectivity index (χ2v) is 10.0. The number of phenols is 2. The fourth-order valence-corrected chi connectivity index (χ4v) is 5.12. The van der Waals surface area contributed by atoms with Gasteiger partial charge in [0, 0.05) is 5.41 Å². The van der Waals surface area contributed by atoms with E-state index in [2.05, 4.69) is 0 Å². The summed E-state index contributed by atoms with van der Waals surface area (Å²) in [6.45, 7) is 0. The van der Waals surface area contributed by atoms with Crippen LogP contribution in [0.2, 0.25) is 0 Å². The van der Waals surface area contributed by atoms with Crippen LogP contribution in [0.5, 0.6) is 11.5 Å². The molecule has 2 aromatic rings. The second-order valence-electron chi connectivity index (χ2n) is 7.00. The summed E-state index contributed by atoms with van der Waals surface area (Å²) in [4.78, 5) is 0. The summed E-state index contributed by atoms with van der Waals surface area (Å²) in [5.41, 5.74) is -0.116. The van der Waals surface area contributed by atoms with Gasteiger partial charge in [0.05, 0.1) is 11.5 Å². The van der Waals surface area contributed by atoms with Crippen LogP contribution in [0, 0.1) is 0 Å². The summed E-state index contributed by atoms with van der Waals surface area (Å²) in [5.74, 6) is -1.04. The largest absolute Gasteiger partial charge is 0.508 e. The predicted molar refractivity (Wildman–Crippen MR) is 108 cm³/mol. The zero-order valence-electron chi connectivity index (χ0n) is 15.6. The molecule has 4 N–H and O–H groups in total. The van der Waals surface area contributed by atoms with Gasteiger partial charge in [-0.15, -0.1) is 0 Å². The van der Waals surface area contributed by atoms with E-state index in [4.69, 9.17) is 4.55 Å². The molecule has 160 valence electrons. The van der Waals surface area contributed by atoms with Crippen molar-refractivity contribution >= 4 is 20.2 Å². The number of unbranched alkanes of at least 4 members (excludes halogenated alkanes) is 2. The number of hydrogen-bond acceptors (Lipinski definition) is 6. The van der Waals surface area contributed by atoms with Gasteiger partial charge >= 0.3 is 0 Å². The molecule has 0 fully saturated rings. The summed E-state index contributed by atoms with van der Waals surface area (Å²) in [6.07, 6.45) is 1.26. The van der Waals surface area contributed by atoms with Crippen LogP contribution in [-0.2, 0) is 25.7 Å². The molecule has 0 saturated heterocycles. The highest BCUT2D eigenvalue weighted by molar-refractivity contribution is 7.86. The van der Waals surface area contributed by atoms with Gasteiger partial charge in [0.15, 0.2) is 0 Å². The lowest BCUT2D eigenvalue weighted by Crippen LogP contribution is -2.36. The third-order valence-corrected chi connectivity index (χ3v) is 6.44. The molecule has 0 bridgehead atoms. The number of rotatable bonds is 10. The average Bonchev–Trinajstić information content (AvgIpc) is 2.59. The Hall–Kier alpha value is -2.14. The lowest BCUT2D eigenvalue weighted by molar-refractivity contribution is 0.434. The van der Waals surface area contributed by atoms with Crippen LogP contribution in [0.3, 0.4) is 0 Å². The van der Waals surface area contributed by atoms with Gasteiger partial charge in [-0.2, -0.15) is 16.8 Å². The molecule has 29 heavy (non-hydrogen) atoms. The fraction of sp³-hybridized carbons (Fsp3) is 0.368. The molecule has 0 spiro atoms. The molecule has 0 aliphatic rings. The Labute approximate surface area is 170 Å². The van der Waals surface area contributed by atoms with Gasteiger partial charge in [0.1, 0.15) is 11.5 Å². The minimum Gasteiger partial charge on any atom is -0.508 e. The van der Waals surface area contributed by atoms with Crippen molar-refractivity contribution in [2.45, 2.75) is 31.1 Å². The molecular weight excluding hydrogens is 420 g/mol. The zero-order chi connectivity index (χ0) is 21.7. The first kappa shape index (κ1) is 23.1. The van der Waals surface area contributed by atoms with Crippen molar-refractivity contribution < 1.29 is 36.2 Å². The molecular formula is C19H24O8S2. The van der Waals surface area contributed by atoms with Crippen LogP contribution >= 0.6 is 0 Å². The van der Waals surface area contributed by atoms with E-state index in [1.54, 1.807) is 24.3 Å². The lowest BCUT2D eigenvalue weighted by Gasteiger charge is -2.34. The molecule has 0 atom stereocenters. The van der Waals surface area contributed by atoms with Crippen molar-refractivity contribution in [3.8, 4) is 11.5 Å². The van der Waals surface area contributed by atoms with Gasteiger partial charge in [-0.1, -0.05) is 37.1 Å². The Morgan fingerprint density at radius 3 is 1.48 bits per heavy atom. The number of phenolic OH excluding ortho intramolecular Hbond substituents is 2. The van der Waals surface area contributed by atoms with Crippen LogP contribution < -0.4 is 0 Å². The van der Waals surface area contributed by atoms with Crippen LogP contribution in [0.15, 0.2) is 48.5 Å². The van der Waals surface area contributed by atoms with E-state index in [9.17, 15) is 31.6 Å². The maximum Gasteiger partial charge on any atom is 0.266 e. The summed E-state index contributed by atoms with van der Waals surface area (Å²) in [7, 11) is -8.50. The average molecular weight is 445 g/mol. The topological polar surface area (TPSA) is 149 Å². The molecule has 0 aromatic heterocycles. The van der Waals surface area contributed by atoms with Crippen molar-refractivity contribution in [1.29, 1.82) is 0 Å². The Morgan fingerprint density at radius 2 is 1.10 bits per heavy atom. The summed E-state index contributed by atoms with van der Waals surface area (Å²) in [5, 5.41) is 19.2. The molecule has 10 heteroatoms. The Morgan fingerprint density at radius 1 is 0.655 bits per heavy atom.